The second kappa shape index (κ2) is 4.53. The fourth-order valence-electron chi connectivity index (χ4n) is 1.39. The van der Waals surface area contributed by atoms with E-state index in [9.17, 15) is 19.5 Å². The first-order chi connectivity index (χ1) is 8.47. The van der Waals surface area contributed by atoms with Crippen LogP contribution in [0.2, 0.25) is 0 Å². The zero-order valence-corrected chi connectivity index (χ0v) is 9.65. The molecule has 1 fully saturated rings. The van der Waals surface area contributed by atoms with Crippen LogP contribution < -0.4 is 5.32 Å². The molecule has 0 spiro atoms. The van der Waals surface area contributed by atoms with Crippen LogP contribution in [0.4, 0.5) is 4.79 Å². The summed E-state index contributed by atoms with van der Waals surface area (Å²) < 4.78 is 0. The number of benzene rings is 1. The predicted molar refractivity (Wildman–Crippen MR) is 64.2 cm³/mol. The number of rotatable bonds is 2. The molecular weight excluding hydrogens is 258 g/mol. The number of hydrogen-bond acceptors (Lipinski definition) is 5. The fourth-order valence-corrected chi connectivity index (χ4v) is 2.07. The van der Waals surface area contributed by atoms with Crippen molar-refractivity contribution in [3.05, 3.63) is 34.2 Å². The molecule has 1 aliphatic rings. The van der Waals surface area contributed by atoms with E-state index in [1.165, 1.54) is 24.3 Å². The number of thioether (sulfide) groups is 1. The monoisotopic (exact) mass is 265 g/mol. The van der Waals surface area contributed by atoms with Crippen LogP contribution in [0.3, 0.4) is 0 Å². The van der Waals surface area contributed by atoms with Gasteiger partial charge in [-0.15, -0.1) is 0 Å². The molecule has 0 saturated carbocycles. The van der Waals surface area contributed by atoms with Gasteiger partial charge in [0, 0.05) is 0 Å². The van der Waals surface area contributed by atoms with Crippen LogP contribution in [0.25, 0.3) is 6.08 Å². The molecular formula is C11H7NO5S. The van der Waals surface area contributed by atoms with Gasteiger partial charge in [-0.2, -0.15) is 0 Å². The van der Waals surface area contributed by atoms with E-state index in [1.54, 1.807) is 0 Å². The minimum absolute atomic E-state index is 0.182. The average Bonchev–Trinajstić information content (AvgIpc) is 2.60. The van der Waals surface area contributed by atoms with Gasteiger partial charge >= 0.3 is 5.97 Å². The summed E-state index contributed by atoms with van der Waals surface area (Å²) in [4.78, 5) is 33.2. The molecule has 1 aromatic carbocycles. The third-order valence-electron chi connectivity index (χ3n) is 2.19. The Hall–Kier alpha value is -2.28. The van der Waals surface area contributed by atoms with Crippen molar-refractivity contribution in [3.8, 4) is 5.75 Å². The minimum Gasteiger partial charge on any atom is -0.507 e. The van der Waals surface area contributed by atoms with Crippen LogP contribution in [0, 0.1) is 0 Å². The van der Waals surface area contributed by atoms with Crippen LogP contribution in [0.1, 0.15) is 15.9 Å². The van der Waals surface area contributed by atoms with E-state index in [2.05, 4.69) is 5.32 Å². The number of aromatic carboxylic acids is 1. The highest BCUT2D eigenvalue weighted by Gasteiger charge is 2.25. The Morgan fingerprint density at radius 1 is 1.33 bits per heavy atom. The van der Waals surface area contributed by atoms with Crippen LogP contribution in [-0.2, 0) is 4.79 Å². The summed E-state index contributed by atoms with van der Waals surface area (Å²) in [7, 11) is 0. The van der Waals surface area contributed by atoms with Crippen molar-refractivity contribution in [1.29, 1.82) is 0 Å². The molecule has 2 amide bonds. The summed E-state index contributed by atoms with van der Waals surface area (Å²) in [6, 6.07) is 3.89. The first kappa shape index (κ1) is 12.2. The normalized spacial score (nSPS) is 17.0. The van der Waals surface area contributed by atoms with Crippen molar-refractivity contribution in [2.75, 3.05) is 0 Å². The quantitative estimate of drug-likeness (QED) is 0.698. The molecule has 1 aliphatic heterocycles. The minimum atomic E-state index is -1.27. The molecule has 1 saturated heterocycles. The van der Waals surface area contributed by atoms with E-state index in [0.717, 1.165) is 11.8 Å². The van der Waals surface area contributed by atoms with Crippen molar-refractivity contribution in [2.24, 2.45) is 0 Å². The molecule has 0 radical (unpaired) electrons. The molecule has 1 aromatic rings. The van der Waals surface area contributed by atoms with Gasteiger partial charge in [-0.05, 0) is 35.5 Å². The number of hydrogen-bond donors (Lipinski definition) is 3. The molecule has 92 valence electrons. The van der Waals surface area contributed by atoms with Crippen molar-refractivity contribution >= 4 is 35.0 Å². The molecule has 0 atom stereocenters. The second-order valence-corrected chi connectivity index (χ2v) is 4.45. The number of carbonyl (C=O) groups is 3. The third kappa shape index (κ3) is 2.35. The summed E-state index contributed by atoms with van der Waals surface area (Å²) in [5.41, 5.74) is 0.150. The van der Waals surface area contributed by atoms with Gasteiger partial charge in [0.2, 0.25) is 0 Å². The maximum absolute atomic E-state index is 11.3. The fraction of sp³-hybridized carbons (Fsp3) is 0. The molecule has 0 aromatic heterocycles. The number of aromatic hydroxyl groups is 1. The molecule has 6 nitrogen and oxygen atoms in total. The van der Waals surface area contributed by atoms with E-state index in [-0.39, 0.29) is 16.2 Å². The molecule has 0 aliphatic carbocycles. The van der Waals surface area contributed by atoms with Crippen LogP contribution in [0.15, 0.2) is 23.1 Å². The standard InChI is InChI=1S/C11H7NO5S/c13-7-2-1-5(3-6(7)10(15)16)4-8-9(14)12-11(17)18-8/h1-4,13H,(H,15,16)(H,12,14,17)/b8-4+. The molecule has 3 N–H and O–H groups in total. The van der Waals surface area contributed by atoms with Crippen molar-refractivity contribution in [1.82, 2.24) is 5.32 Å². The lowest BCUT2D eigenvalue weighted by atomic mass is 10.1. The Labute approximate surface area is 105 Å². The Morgan fingerprint density at radius 3 is 2.61 bits per heavy atom. The summed E-state index contributed by atoms with van der Waals surface area (Å²) in [6.45, 7) is 0. The lowest BCUT2D eigenvalue weighted by Crippen LogP contribution is -2.17. The largest absolute Gasteiger partial charge is 0.507 e. The summed E-state index contributed by atoms with van der Waals surface area (Å²) in [5, 5.41) is 19.8. The third-order valence-corrected chi connectivity index (χ3v) is 3.00. The van der Waals surface area contributed by atoms with Crippen molar-refractivity contribution < 1.29 is 24.6 Å². The maximum atomic E-state index is 11.3. The van der Waals surface area contributed by atoms with E-state index < -0.39 is 17.1 Å². The van der Waals surface area contributed by atoms with Gasteiger partial charge in [-0.25, -0.2) is 4.79 Å². The smallest absolute Gasteiger partial charge is 0.339 e. The molecule has 0 bridgehead atoms. The lowest BCUT2D eigenvalue weighted by molar-refractivity contribution is -0.115. The van der Waals surface area contributed by atoms with E-state index >= 15 is 0 Å². The molecule has 0 unspecified atom stereocenters. The van der Waals surface area contributed by atoms with Gasteiger partial charge in [0.1, 0.15) is 11.3 Å². The van der Waals surface area contributed by atoms with E-state index in [0.29, 0.717) is 5.56 Å². The van der Waals surface area contributed by atoms with Gasteiger partial charge in [-0.3, -0.25) is 14.9 Å². The van der Waals surface area contributed by atoms with Crippen LogP contribution >= 0.6 is 11.8 Å². The number of amides is 2. The van der Waals surface area contributed by atoms with Gasteiger partial charge in [0.25, 0.3) is 11.1 Å². The van der Waals surface area contributed by atoms with Gasteiger partial charge in [0.15, 0.2) is 0 Å². The second-order valence-electron chi connectivity index (χ2n) is 3.43. The number of imide groups is 1. The molecule has 2 rings (SSSR count). The first-order valence-electron chi connectivity index (χ1n) is 4.78. The Bertz CT molecular complexity index is 593. The van der Waals surface area contributed by atoms with Gasteiger partial charge in [0.05, 0.1) is 4.91 Å². The highest BCUT2D eigenvalue weighted by Crippen LogP contribution is 2.27. The van der Waals surface area contributed by atoms with Crippen molar-refractivity contribution in [2.45, 2.75) is 0 Å². The molecule has 7 heteroatoms. The van der Waals surface area contributed by atoms with E-state index in [1.807, 2.05) is 0 Å². The highest BCUT2D eigenvalue weighted by molar-refractivity contribution is 8.18. The SMILES string of the molecule is O=C1NC(=O)/C(=C\c2ccc(O)c(C(=O)O)c2)S1. The average molecular weight is 265 g/mol. The number of nitrogens with one attached hydrogen (secondary N) is 1. The van der Waals surface area contributed by atoms with Crippen LogP contribution in [-0.4, -0.2) is 27.3 Å². The molecule has 18 heavy (non-hydrogen) atoms. The first-order valence-corrected chi connectivity index (χ1v) is 5.60. The number of phenols is 1. The zero-order chi connectivity index (χ0) is 13.3. The van der Waals surface area contributed by atoms with E-state index in [4.69, 9.17) is 5.11 Å². The van der Waals surface area contributed by atoms with Crippen molar-refractivity contribution in [3.63, 3.8) is 0 Å². The maximum Gasteiger partial charge on any atom is 0.339 e. The summed E-state index contributed by atoms with van der Waals surface area (Å²) in [5.74, 6) is -2.15. The Morgan fingerprint density at radius 2 is 2.06 bits per heavy atom. The zero-order valence-electron chi connectivity index (χ0n) is 8.84. The van der Waals surface area contributed by atoms with Crippen LogP contribution in [0.5, 0.6) is 5.75 Å². The molecule has 1 heterocycles. The number of carboxylic acids is 1. The Kier molecular flexibility index (Phi) is 3.07. The summed E-state index contributed by atoms with van der Waals surface area (Å²) >= 11 is 0.739. The Balaban J connectivity index is 2.38. The topological polar surface area (TPSA) is 104 Å². The van der Waals surface area contributed by atoms with Gasteiger partial charge in [-0.1, -0.05) is 6.07 Å². The highest BCUT2D eigenvalue weighted by atomic mass is 32.2. The number of carbonyl (C=O) groups excluding carboxylic acids is 2. The number of carboxylic acid groups (broad SMARTS) is 1. The predicted octanol–water partition coefficient (Wildman–Crippen LogP) is 1.41. The summed E-state index contributed by atoms with van der Waals surface area (Å²) in [6.07, 6.45) is 1.39. The van der Waals surface area contributed by atoms with Gasteiger partial charge < -0.3 is 10.2 Å². The lowest BCUT2D eigenvalue weighted by Gasteiger charge is -2.01.